The molecule has 3 rings (SSSR count). The fraction of sp³-hybridized carbons (Fsp3) is 0.261. The maximum absolute atomic E-state index is 11.2. The van der Waals surface area contributed by atoms with E-state index in [9.17, 15) is 4.79 Å². The fourth-order valence-electron chi connectivity index (χ4n) is 3.56. The summed E-state index contributed by atoms with van der Waals surface area (Å²) < 4.78 is 0. The average molecular weight is 316 g/mol. The van der Waals surface area contributed by atoms with E-state index in [2.05, 4.69) is 62.1 Å². The first kappa shape index (κ1) is 16.4. The van der Waals surface area contributed by atoms with Gasteiger partial charge in [0.15, 0.2) is 5.78 Å². The molecule has 0 spiro atoms. The van der Waals surface area contributed by atoms with E-state index in [0.29, 0.717) is 6.42 Å². The van der Waals surface area contributed by atoms with Crippen molar-refractivity contribution >= 4 is 27.7 Å². The Kier molecular flexibility index (Phi) is 5.10. The first-order valence-electron chi connectivity index (χ1n) is 8.83. The van der Waals surface area contributed by atoms with E-state index < -0.39 is 0 Å². The third-order valence-corrected chi connectivity index (χ3v) is 4.75. The third-order valence-electron chi connectivity index (χ3n) is 4.75. The van der Waals surface area contributed by atoms with Crippen LogP contribution in [-0.2, 0) is 4.79 Å². The molecule has 1 aliphatic rings. The Morgan fingerprint density at radius 2 is 1.83 bits per heavy atom. The molecular formula is C23H24O. The maximum Gasteiger partial charge on any atom is 0.155 e. The first-order chi connectivity index (χ1) is 11.8. The molecule has 0 bridgehead atoms. The van der Waals surface area contributed by atoms with Crippen molar-refractivity contribution in [3.8, 4) is 0 Å². The number of benzene rings is 2. The van der Waals surface area contributed by atoms with E-state index >= 15 is 0 Å². The van der Waals surface area contributed by atoms with Crippen molar-refractivity contribution in [2.24, 2.45) is 0 Å². The molecule has 1 aliphatic carbocycles. The van der Waals surface area contributed by atoms with Gasteiger partial charge in [-0.2, -0.15) is 0 Å². The molecule has 0 fully saturated rings. The van der Waals surface area contributed by atoms with Crippen molar-refractivity contribution < 1.29 is 4.79 Å². The molecular weight excluding hydrogens is 292 g/mol. The lowest BCUT2D eigenvalue weighted by atomic mass is 10.0. The van der Waals surface area contributed by atoms with Crippen LogP contribution in [0.25, 0.3) is 21.9 Å². The molecule has 2 aromatic carbocycles. The molecule has 0 saturated carbocycles. The van der Waals surface area contributed by atoms with Crippen molar-refractivity contribution in [2.45, 2.75) is 39.0 Å². The molecule has 0 N–H and O–H groups in total. The number of carbonyl (C=O) groups is 1. The second kappa shape index (κ2) is 7.44. The molecule has 0 aliphatic heterocycles. The maximum atomic E-state index is 11.2. The molecule has 24 heavy (non-hydrogen) atoms. The van der Waals surface area contributed by atoms with Gasteiger partial charge in [0, 0.05) is 6.42 Å². The predicted molar refractivity (Wildman–Crippen MR) is 104 cm³/mol. The first-order valence-corrected chi connectivity index (χ1v) is 8.83. The number of hydrogen-bond acceptors (Lipinski definition) is 1. The van der Waals surface area contributed by atoms with Gasteiger partial charge in [-0.15, -0.1) is 0 Å². The van der Waals surface area contributed by atoms with Crippen molar-refractivity contribution in [2.75, 3.05) is 0 Å². The number of hydrogen-bond donors (Lipinski definition) is 0. The van der Waals surface area contributed by atoms with Gasteiger partial charge in [0.2, 0.25) is 0 Å². The molecule has 0 amide bonds. The highest BCUT2D eigenvalue weighted by Gasteiger charge is 2.20. The van der Waals surface area contributed by atoms with Crippen molar-refractivity contribution in [3.63, 3.8) is 0 Å². The Hall–Kier alpha value is -2.41. The fourth-order valence-corrected chi connectivity index (χ4v) is 3.56. The van der Waals surface area contributed by atoms with Crippen LogP contribution in [0.15, 0.2) is 61.2 Å². The van der Waals surface area contributed by atoms with E-state index in [1.807, 2.05) is 0 Å². The van der Waals surface area contributed by atoms with E-state index in [1.54, 1.807) is 0 Å². The van der Waals surface area contributed by atoms with Gasteiger partial charge in [0.05, 0.1) is 0 Å². The van der Waals surface area contributed by atoms with Gasteiger partial charge in [0.25, 0.3) is 0 Å². The van der Waals surface area contributed by atoms with Crippen molar-refractivity contribution in [1.82, 2.24) is 0 Å². The SMILES string of the molecule is C=CC(=O)CCCC/C=C\C1=C(CC)c2cccc3cccc1c23. The Morgan fingerprint density at radius 3 is 2.54 bits per heavy atom. The van der Waals surface area contributed by atoms with Gasteiger partial charge in [-0.25, -0.2) is 0 Å². The van der Waals surface area contributed by atoms with Gasteiger partial charge in [0.1, 0.15) is 0 Å². The lowest BCUT2D eigenvalue weighted by Gasteiger charge is -2.03. The number of carbonyl (C=O) groups excluding carboxylic acids is 1. The molecule has 0 heterocycles. The zero-order valence-corrected chi connectivity index (χ0v) is 14.3. The van der Waals surface area contributed by atoms with Gasteiger partial charge < -0.3 is 0 Å². The summed E-state index contributed by atoms with van der Waals surface area (Å²) in [7, 11) is 0. The number of ketones is 1. The number of allylic oxidation sites excluding steroid dienone is 5. The van der Waals surface area contributed by atoms with Gasteiger partial charge in [-0.05, 0) is 64.8 Å². The average Bonchev–Trinajstić information content (AvgIpc) is 2.93. The monoisotopic (exact) mass is 316 g/mol. The summed E-state index contributed by atoms with van der Waals surface area (Å²) in [6.07, 6.45) is 10.6. The minimum absolute atomic E-state index is 0.146. The summed E-state index contributed by atoms with van der Waals surface area (Å²) in [5.41, 5.74) is 5.56. The van der Waals surface area contributed by atoms with E-state index in [1.165, 1.54) is 39.1 Å². The van der Waals surface area contributed by atoms with Crippen LogP contribution in [0.3, 0.4) is 0 Å². The van der Waals surface area contributed by atoms with Crippen LogP contribution in [-0.4, -0.2) is 5.78 Å². The van der Waals surface area contributed by atoms with E-state index in [-0.39, 0.29) is 5.78 Å². The molecule has 0 atom stereocenters. The van der Waals surface area contributed by atoms with Crippen LogP contribution >= 0.6 is 0 Å². The topological polar surface area (TPSA) is 17.1 Å². The lowest BCUT2D eigenvalue weighted by molar-refractivity contribution is -0.114. The second-order valence-electron chi connectivity index (χ2n) is 6.27. The van der Waals surface area contributed by atoms with Crippen LogP contribution < -0.4 is 0 Å². The highest BCUT2D eigenvalue weighted by Crippen LogP contribution is 2.43. The Labute approximate surface area is 144 Å². The molecule has 2 aromatic rings. The van der Waals surface area contributed by atoms with Crippen LogP contribution in [0.1, 0.15) is 50.2 Å². The minimum atomic E-state index is 0.146. The summed E-state index contributed by atoms with van der Waals surface area (Å²) in [4.78, 5) is 11.2. The van der Waals surface area contributed by atoms with Crippen LogP contribution in [0, 0.1) is 0 Å². The van der Waals surface area contributed by atoms with Crippen molar-refractivity contribution in [1.29, 1.82) is 0 Å². The second-order valence-corrected chi connectivity index (χ2v) is 6.27. The largest absolute Gasteiger partial charge is 0.295 e. The summed E-state index contributed by atoms with van der Waals surface area (Å²) in [6.45, 7) is 5.75. The molecule has 0 saturated heterocycles. The third kappa shape index (κ3) is 3.12. The zero-order chi connectivity index (χ0) is 16.9. The quantitative estimate of drug-likeness (QED) is 0.410. The van der Waals surface area contributed by atoms with Gasteiger partial charge in [-0.3, -0.25) is 4.79 Å². The smallest absolute Gasteiger partial charge is 0.155 e. The summed E-state index contributed by atoms with van der Waals surface area (Å²) in [5, 5.41) is 2.72. The molecule has 0 aromatic heterocycles. The molecule has 1 nitrogen and oxygen atoms in total. The zero-order valence-electron chi connectivity index (χ0n) is 14.3. The Morgan fingerprint density at radius 1 is 1.08 bits per heavy atom. The van der Waals surface area contributed by atoms with E-state index in [0.717, 1.165) is 25.7 Å². The molecule has 122 valence electrons. The Balaban J connectivity index is 1.76. The van der Waals surface area contributed by atoms with Gasteiger partial charge >= 0.3 is 0 Å². The predicted octanol–water partition coefficient (Wildman–Crippen LogP) is 6.35. The highest BCUT2D eigenvalue weighted by atomic mass is 16.1. The summed E-state index contributed by atoms with van der Waals surface area (Å²) >= 11 is 0. The molecule has 0 radical (unpaired) electrons. The minimum Gasteiger partial charge on any atom is -0.295 e. The standard InChI is InChI=1S/C23H24O/c1-3-18(24)13-7-5-6-8-14-20-19(4-2)21-15-9-11-17-12-10-16-22(20)23(17)21/h3,8-12,14-16H,1,4-7,13H2,2H3/b14-8-. The van der Waals surface area contributed by atoms with Crippen LogP contribution in [0.4, 0.5) is 0 Å². The van der Waals surface area contributed by atoms with E-state index in [4.69, 9.17) is 0 Å². The number of rotatable bonds is 8. The van der Waals surface area contributed by atoms with Crippen LogP contribution in [0.5, 0.6) is 0 Å². The Bertz CT molecular complexity index is 831. The summed E-state index contributed by atoms with van der Waals surface area (Å²) in [6, 6.07) is 13.2. The number of unbranched alkanes of at least 4 members (excludes halogenated alkanes) is 2. The lowest BCUT2D eigenvalue weighted by Crippen LogP contribution is -1.90. The molecule has 0 unspecified atom stereocenters. The van der Waals surface area contributed by atoms with Gasteiger partial charge in [-0.1, -0.05) is 62.1 Å². The summed E-state index contributed by atoms with van der Waals surface area (Å²) in [5.74, 6) is 0.146. The highest BCUT2D eigenvalue weighted by molar-refractivity contribution is 6.15. The van der Waals surface area contributed by atoms with Crippen LogP contribution in [0.2, 0.25) is 0 Å². The van der Waals surface area contributed by atoms with Crippen molar-refractivity contribution in [3.05, 3.63) is 72.3 Å². The normalized spacial score (nSPS) is 13.2. The molecule has 1 heteroatoms.